The summed E-state index contributed by atoms with van der Waals surface area (Å²) in [6, 6.07) is 8.38. The number of carbonyl (C=O) groups excluding carboxylic acids is 1. The topological polar surface area (TPSA) is 30.0 Å². The molecule has 5 heteroatoms. The largest absolute Gasteiger partial charge is 0.294 e. The van der Waals surface area contributed by atoms with Gasteiger partial charge >= 0.3 is 0 Å². The van der Waals surface area contributed by atoms with Crippen LogP contribution in [-0.4, -0.2) is 10.8 Å². The molecule has 3 aromatic rings. The minimum absolute atomic E-state index is 0.0219. The van der Waals surface area contributed by atoms with Crippen molar-refractivity contribution in [3.05, 3.63) is 63.3 Å². The second-order valence-corrected chi connectivity index (χ2v) is 6.18. The van der Waals surface area contributed by atoms with Crippen LogP contribution >= 0.6 is 27.3 Å². The number of Topliss-reactive ketones (excluding diaryl/α,β-unsaturated/α-hetero) is 1. The fraction of sp³-hybridized carbons (Fsp3) is 0.0667. The molecule has 0 radical (unpaired) electrons. The molecule has 100 valence electrons. The van der Waals surface area contributed by atoms with Crippen LogP contribution in [0, 0.1) is 5.82 Å². The van der Waals surface area contributed by atoms with Gasteiger partial charge in [-0.25, -0.2) is 4.39 Å². The van der Waals surface area contributed by atoms with Crippen LogP contribution in [0.3, 0.4) is 0 Å². The van der Waals surface area contributed by atoms with Crippen molar-refractivity contribution >= 4 is 43.3 Å². The second kappa shape index (κ2) is 5.42. The molecule has 0 spiro atoms. The highest BCUT2D eigenvalue weighted by molar-refractivity contribution is 9.10. The average Bonchev–Trinajstić information content (AvgIpc) is 2.90. The Kier molecular flexibility index (Phi) is 3.63. The Morgan fingerprint density at radius 3 is 2.95 bits per heavy atom. The molecule has 0 saturated carbocycles. The summed E-state index contributed by atoms with van der Waals surface area (Å²) >= 11 is 4.68. The number of halogens is 2. The number of rotatable bonds is 3. The van der Waals surface area contributed by atoms with E-state index in [2.05, 4.69) is 20.9 Å². The minimum Gasteiger partial charge on any atom is -0.294 e. The molecule has 1 aromatic carbocycles. The number of nitrogens with zero attached hydrogens (tertiary/aromatic N) is 1. The highest BCUT2D eigenvalue weighted by atomic mass is 79.9. The maximum atomic E-state index is 13.2. The lowest BCUT2D eigenvalue weighted by Crippen LogP contribution is -2.04. The van der Waals surface area contributed by atoms with Crippen molar-refractivity contribution in [3.8, 4) is 0 Å². The van der Waals surface area contributed by atoms with Gasteiger partial charge in [0.2, 0.25) is 0 Å². The third kappa shape index (κ3) is 2.64. The van der Waals surface area contributed by atoms with E-state index >= 15 is 0 Å². The summed E-state index contributed by atoms with van der Waals surface area (Å²) in [5.74, 6) is -0.353. The van der Waals surface area contributed by atoms with Crippen molar-refractivity contribution in [2.75, 3.05) is 0 Å². The Balaban J connectivity index is 1.86. The zero-order chi connectivity index (χ0) is 14.1. The van der Waals surface area contributed by atoms with E-state index in [0.717, 1.165) is 15.8 Å². The van der Waals surface area contributed by atoms with Crippen LogP contribution in [0.4, 0.5) is 4.39 Å². The first-order valence-corrected chi connectivity index (χ1v) is 7.61. The third-order valence-electron chi connectivity index (χ3n) is 2.97. The van der Waals surface area contributed by atoms with Crippen molar-refractivity contribution in [1.82, 2.24) is 4.98 Å². The van der Waals surface area contributed by atoms with E-state index in [-0.39, 0.29) is 18.0 Å². The molecule has 0 aliphatic carbocycles. The maximum Gasteiger partial charge on any atom is 0.168 e. The molecule has 0 saturated heterocycles. The minimum atomic E-state index is -0.331. The molecule has 0 aliphatic rings. The number of fused-ring (bicyclic) bond motifs is 1. The van der Waals surface area contributed by atoms with E-state index in [0.29, 0.717) is 10.0 Å². The van der Waals surface area contributed by atoms with Gasteiger partial charge in [-0.1, -0.05) is 6.07 Å². The maximum absolute atomic E-state index is 13.2. The third-order valence-corrected chi connectivity index (χ3v) is 4.43. The molecule has 0 N–H and O–H groups in total. The van der Waals surface area contributed by atoms with Crippen molar-refractivity contribution in [2.45, 2.75) is 6.42 Å². The highest BCUT2D eigenvalue weighted by Gasteiger charge is 2.10. The Labute approximate surface area is 127 Å². The Bertz CT molecular complexity index is 799. The SMILES string of the molecule is O=C(Cc1ccc(F)c(Br)c1)c1cnc2ccsc2c1. The normalized spacial score (nSPS) is 10.9. The van der Waals surface area contributed by atoms with Crippen LogP contribution < -0.4 is 0 Å². The number of carbonyl (C=O) groups is 1. The predicted molar refractivity (Wildman–Crippen MR) is 81.8 cm³/mol. The molecule has 0 amide bonds. The first kappa shape index (κ1) is 13.4. The summed E-state index contributed by atoms with van der Waals surface area (Å²) in [7, 11) is 0. The summed E-state index contributed by atoms with van der Waals surface area (Å²) in [6.07, 6.45) is 1.83. The molecule has 20 heavy (non-hydrogen) atoms. The molecule has 2 nitrogen and oxygen atoms in total. The van der Waals surface area contributed by atoms with E-state index < -0.39 is 0 Å². The lowest BCUT2D eigenvalue weighted by atomic mass is 10.0. The number of hydrogen-bond acceptors (Lipinski definition) is 3. The van der Waals surface area contributed by atoms with E-state index in [4.69, 9.17) is 0 Å². The molecule has 3 rings (SSSR count). The molecule has 2 aromatic heterocycles. The van der Waals surface area contributed by atoms with Crippen LogP contribution in [0.1, 0.15) is 15.9 Å². The first-order valence-electron chi connectivity index (χ1n) is 5.94. The van der Waals surface area contributed by atoms with Gasteiger partial charge in [0.25, 0.3) is 0 Å². The fourth-order valence-electron chi connectivity index (χ4n) is 1.94. The lowest BCUT2D eigenvalue weighted by molar-refractivity contribution is 0.0993. The lowest BCUT2D eigenvalue weighted by Gasteiger charge is -2.03. The standard InChI is InChI=1S/C15H9BrFNOS/c16-11-5-9(1-2-12(11)17)6-14(19)10-7-15-13(18-8-10)3-4-20-15/h1-5,7-8H,6H2. The number of pyridine rings is 1. The second-order valence-electron chi connectivity index (χ2n) is 4.38. The van der Waals surface area contributed by atoms with Crippen molar-refractivity contribution in [3.63, 3.8) is 0 Å². The van der Waals surface area contributed by atoms with Gasteiger partial charge in [0, 0.05) is 18.2 Å². The summed E-state index contributed by atoms with van der Waals surface area (Å²) in [5.41, 5.74) is 2.26. The molecule has 0 atom stereocenters. The Morgan fingerprint density at radius 1 is 1.30 bits per heavy atom. The smallest absolute Gasteiger partial charge is 0.168 e. The van der Waals surface area contributed by atoms with Crippen LogP contribution in [-0.2, 0) is 6.42 Å². The Hall–Kier alpha value is -1.59. The molecule has 0 fully saturated rings. The monoisotopic (exact) mass is 349 g/mol. The average molecular weight is 350 g/mol. The van der Waals surface area contributed by atoms with Crippen LogP contribution in [0.25, 0.3) is 10.2 Å². The number of hydrogen-bond donors (Lipinski definition) is 0. The summed E-state index contributed by atoms with van der Waals surface area (Å²) in [4.78, 5) is 16.5. The van der Waals surface area contributed by atoms with Gasteiger partial charge < -0.3 is 0 Å². The van der Waals surface area contributed by atoms with E-state index in [1.807, 2.05) is 17.5 Å². The zero-order valence-electron chi connectivity index (χ0n) is 10.3. The summed E-state index contributed by atoms with van der Waals surface area (Å²) < 4.78 is 14.5. The summed E-state index contributed by atoms with van der Waals surface area (Å²) in [6.45, 7) is 0. The number of thiophene rings is 1. The molecular weight excluding hydrogens is 341 g/mol. The first-order chi connectivity index (χ1) is 9.63. The zero-order valence-corrected chi connectivity index (χ0v) is 12.7. The quantitative estimate of drug-likeness (QED) is 0.645. The van der Waals surface area contributed by atoms with E-state index in [1.54, 1.807) is 29.7 Å². The van der Waals surface area contributed by atoms with E-state index in [1.165, 1.54) is 6.07 Å². The van der Waals surface area contributed by atoms with Gasteiger partial charge in [0.15, 0.2) is 5.78 Å². The molecule has 2 heterocycles. The van der Waals surface area contributed by atoms with Gasteiger partial charge in [-0.2, -0.15) is 0 Å². The van der Waals surface area contributed by atoms with Crippen molar-refractivity contribution in [2.24, 2.45) is 0 Å². The Morgan fingerprint density at radius 2 is 2.15 bits per heavy atom. The molecule has 0 bridgehead atoms. The van der Waals surface area contributed by atoms with Gasteiger partial charge in [-0.3, -0.25) is 9.78 Å². The van der Waals surface area contributed by atoms with Gasteiger partial charge in [-0.15, -0.1) is 11.3 Å². The van der Waals surface area contributed by atoms with Crippen molar-refractivity contribution < 1.29 is 9.18 Å². The summed E-state index contributed by atoms with van der Waals surface area (Å²) in [5, 5.41) is 1.95. The highest BCUT2D eigenvalue weighted by Crippen LogP contribution is 2.21. The van der Waals surface area contributed by atoms with E-state index in [9.17, 15) is 9.18 Å². The van der Waals surface area contributed by atoms with Gasteiger partial charge in [-0.05, 0) is 51.1 Å². The molecule has 0 unspecified atom stereocenters. The van der Waals surface area contributed by atoms with Crippen molar-refractivity contribution in [1.29, 1.82) is 0 Å². The van der Waals surface area contributed by atoms with Crippen LogP contribution in [0.5, 0.6) is 0 Å². The predicted octanol–water partition coefficient (Wildman–Crippen LogP) is 4.62. The fourth-order valence-corrected chi connectivity index (χ4v) is 3.14. The number of aromatic nitrogens is 1. The van der Waals surface area contributed by atoms with Gasteiger partial charge in [0.05, 0.1) is 14.7 Å². The number of benzene rings is 1. The van der Waals surface area contributed by atoms with Crippen LogP contribution in [0.2, 0.25) is 0 Å². The molecular formula is C15H9BrFNOS. The van der Waals surface area contributed by atoms with Crippen LogP contribution in [0.15, 0.2) is 46.4 Å². The molecule has 0 aliphatic heterocycles. The van der Waals surface area contributed by atoms with Gasteiger partial charge in [0.1, 0.15) is 5.82 Å². The number of ketones is 1.